The Morgan fingerprint density at radius 1 is 1.15 bits per heavy atom. The van der Waals surface area contributed by atoms with Crippen LogP contribution in [0.1, 0.15) is 30.4 Å². The molecule has 2 aromatic rings. The zero-order valence-electron chi connectivity index (χ0n) is 15.7. The van der Waals surface area contributed by atoms with Gasteiger partial charge in [0.2, 0.25) is 5.91 Å². The molecule has 5 nitrogen and oxygen atoms in total. The highest BCUT2D eigenvalue weighted by Gasteiger charge is 2.28. The second-order valence-corrected chi connectivity index (χ2v) is 8.46. The van der Waals surface area contributed by atoms with E-state index in [9.17, 15) is 4.79 Å². The molecule has 1 aromatic carbocycles. The Morgan fingerprint density at radius 2 is 1.96 bits per heavy atom. The lowest BCUT2D eigenvalue weighted by Crippen LogP contribution is -2.40. The number of amides is 1. The predicted molar refractivity (Wildman–Crippen MR) is 106 cm³/mol. The number of fused-ring (bicyclic) bond motifs is 1. The van der Waals surface area contributed by atoms with Gasteiger partial charge in [0.15, 0.2) is 5.13 Å². The van der Waals surface area contributed by atoms with Crippen molar-refractivity contribution in [2.24, 2.45) is 5.92 Å². The van der Waals surface area contributed by atoms with E-state index < -0.39 is 0 Å². The fourth-order valence-electron chi connectivity index (χ4n) is 4.03. The number of hydrogen-bond acceptors (Lipinski definition) is 5. The Hall–Kier alpha value is -1.66. The highest BCUT2D eigenvalue weighted by Crippen LogP contribution is 2.32. The third-order valence-corrected chi connectivity index (χ3v) is 6.72. The van der Waals surface area contributed by atoms with Gasteiger partial charge in [-0.2, -0.15) is 0 Å². The number of nitrogens with zero attached hydrogens (tertiary/aromatic N) is 3. The summed E-state index contributed by atoms with van der Waals surface area (Å²) in [6.45, 7) is 9.22. The number of benzene rings is 1. The first-order valence-electron chi connectivity index (χ1n) is 9.61. The minimum absolute atomic E-state index is 0.156. The number of carbonyl (C=O) groups is 1. The summed E-state index contributed by atoms with van der Waals surface area (Å²) in [6.07, 6.45) is 2.74. The van der Waals surface area contributed by atoms with Gasteiger partial charge in [0.1, 0.15) is 0 Å². The number of aromatic nitrogens is 1. The molecular formula is C20H27N3O2S. The summed E-state index contributed by atoms with van der Waals surface area (Å²) in [7, 11) is 0. The highest BCUT2D eigenvalue weighted by atomic mass is 32.1. The summed E-state index contributed by atoms with van der Waals surface area (Å²) in [5.41, 5.74) is 3.66. The average molecular weight is 374 g/mol. The van der Waals surface area contributed by atoms with Crippen molar-refractivity contribution in [2.45, 2.75) is 33.1 Å². The molecule has 0 atom stereocenters. The molecule has 26 heavy (non-hydrogen) atoms. The van der Waals surface area contributed by atoms with E-state index in [1.54, 1.807) is 11.3 Å². The van der Waals surface area contributed by atoms with Gasteiger partial charge >= 0.3 is 0 Å². The minimum atomic E-state index is 0.156. The van der Waals surface area contributed by atoms with Crippen molar-refractivity contribution in [3.63, 3.8) is 0 Å². The van der Waals surface area contributed by atoms with Gasteiger partial charge in [-0.1, -0.05) is 17.4 Å². The number of rotatable bonds is 2. The molecule has 0 aliphatic carbocycles. The molecule has 1 aromatic heterocycles. The fourth-order valence-corrected chi connectivity index (χ4v) is 5.10. The first-order chi connectivity index (χ1) is 12.6. The van der Waals surface area contributed by atoms with Crippen LogP contribution >= 0.6 is 11.3 Å². The van der Waals surface area contributed by atoms with Crippen LogP contribution in [0.25, 0.3) is 10.2 Å². The maximum atomic E-state index is 12.8. The van der Waals surface area contributed by atoms with Crippen LogP contribution in [0.3, 0.4) is 0 Å². The Morgan fingerprint density at radius 3 is 2.77 bits per heavy atom. The fraction of sp³-hybridized carbons (Fsp3) is 0.600. The van der Waals surface area contributed by atoms with Gasteiger partial charge in [-0.3, -0.25) is 4.79 Å². The monoisotopic (exact) mass is 373 g/mol. The molecule has 1 amide bonds. The maximum absolute atomic E-state index is 12.8. The lowest BCUT2D eigenvalue weighted by atomic mass is 9.98. The Balaban J connectivity index is 1.46. The molecule has 0 unspecified atom stereocenters. The molecule has 0 N–H and O–H groups in total. The summed E-state index contributed by atoms with van der Waals surface area (Å²) >= 11 is 1.78. The number of anilines is 1. The van der Waals surface area contributed by atoms with E-state index in [1.165, 1.54) is 15.8 Å². The van der Waals surface area contributed by atoms with Crippen molar-refractivity contribution in [1.82, 2.24) is 9.88 Å². The summed E-state index contributed by atoms with van der Waals surface area (Å²) < 4.78 is 6.68. The summed E-state index contributed by atoms with van der Waals surface area (Å²) in [4.78, 5) is 22.1. The molecule has 0 saturated carbocycles. The predicted octanol–water partition coefficient (Wildman–Crippen LogP) is 3.38. The summed E-state index contributed by atoms with van der Waals surface area (Å²) in [5.74, 6) is 0.481. The maximum Gasteiger partial charge on any atom is 0.225 e. The van der Waals surface area contributed by atoms with Gasteiger partial charge in [-0.25, -0.2) is 4.98 Å². The number of carbonyl (C=O) groups excluding carboxylic acids is 1. The van der Waals surface area contributed by atoms with E-state index in [-0.39, 0.29) is 5.92 Å². The largest absolute Gasteiger partial charge is 0.381 e. The van der Waals surface area contributed by atoms with Crippen LogP contribution in [-0.2, 0) is 9.53 Å². The van der Waals surface area contributed by atoms with E-state index in [2.05, 4.69) is 35.8 Å². The van der Waals surface area contributed by atoms with Crippen LogP contribution in [0, 0.1) is 19.8 Å². The average Bonchev–Trinajstić information content (AvgIpc) is 2.92. The number of ether oxygens (including phenoxy) is 1. The Kier molecular flexibility index (Phi) is 5.14. The molecule has 2 saturated heterocycles. The van der Waals surface area contributed by atoms with Gasteiger partial charge in [0.05, 0.1) is 10.2 Å². The quantitative estimate of drug-likeness (QED) is 0.810. The van der Waals surface area contributed by atoms with Crippen LogP contribution in [-0.4, -0.2) is 55.2 Å². The molecule has 0 bridgehead atoms. The molecule has 2 aliphatic rings. The topological polar surface area (TPSA) is 45.7 Å². The molecule has 3 heterocycles. The smallest absolute Gasteiger partial charge is 0.225 e. The van der Waals surface area contributed by atoms with Crippen molar-refractivity contribution < 1.29 is 9.53 Å². The molecule has 140 valence electrons. The second kappa shape index (κ2) is 7.53. The summed E-state index contributed by atoms with van der Waals surface area (Å²) in [5, 5.41) is 1.09. The second-order valence-electron chi connectivity index (χ2n) is 7.48. The van der Waals surface area contributed by atoms with Gasteiger partial charge < -0.3 is 14.5 Å². The zero-order valence-corrected chi connectivity index (χ0v) is 16.5. The van der Waals surface area contributed by atoms with Crippen molar-refractivity contribution in [3.8, 4) is 0 Å². The standard InChI is InChI=1S/C20H27N3O2S/c1-14-12-15(2)18-17(13-14)21-20(26-18)23-7-3-6-22(8-9-23)19(24)16-4-10-25-11-5-16/h12-13,16H,3-11H2,1-2H3. The Bertz CT molecular complexity index is 798. The lowest BCUT2D eigenvalue weighted by molar-refractivity contribution is -0.138. The third kappa shape index (κ3) is 3.58. The van der Waals surface area contributed by atoms with Crippen molar-refractivity contribution >= 4 is 32.6 Å². The van der Waals surface area contributed by atoms with Crippen LogP contribution in [0.4, 0.5) is 5.13 Å². The third-order valence-electron chi connectivity index (χ3n) is 5.46. The number of aryl methyl sites for hydroxylation is 2. The van der Waals surface area contributed by atoms with E-state index in [0.29, 0.717) is 5.91 Å². The van der Waals surface area contributed by atoms with Crippen molar-refractivity contribution in [3.05, 3.63) is 23.3 Å². The SMILES string of the molecule is Cc1cc(C)c2sc(N3CCCN(C(=O)C4CCOCC4)CC3)nc2c1. The molecule has 6 heteroatoms. The first-order valence-corrected chi connectivity index (χ1v) is 10.4. The highest BCUT2D eigenvalue weighted by molar-refractivity contribution is 7.22. The van der Waals surface area contributed by atoms with Crippen LogP contribution in [0.2, 0.25) is 0 Å². The van der Waals surface area contributed by atoms with Crippen LogP contribution in [0.15, 0.2) is 12.1 Å². The van der Waals surface area contributed by atoms with Gasteiger partial charge in [0, 0.05) is 45.3 Å². The van der Waals surface area contributed by atoms with E-state index in [4.69, 9.17) is 9.72 Å². The van der Waals surface area contributed by atoms with Crippen molar-refractivity contribution in [1.29, 1.82) is 0 Å². The molecule has 2 aliphatic heterocycles. The van der Waals surface area contributed by atoms with Gasteiger partial charge in [0.25, 0.3) is 0 Å². The van der Waals surface area contributed by atoms with Crippen LogP contribution < -0.4 is 4.90 Å². The number of hydrogen-bond donors (Lipinski definition) is 0. The van der Waals surface area contributed by atoms with Gasteiger partial charge in [-0.15, -0.1) is 0 Å². The minimum Gasteiger partial charge on any atom is -0.381 e. The molecule has 0 radical (unpaired) electrons. The molecule has 2 fully saturated rings. The van der Waals surface area contributed by atoms with E-state index in [0.717, 1.165) is 69.3 Å². The lowest BCUT2D eigenvalue weighted by Gasteiger charge is -2.28. The van der Waals surface area contributed by atoms with E-state index >= 15 is 0 Å². The van der Waals surface area contributed by atoms with Crippen LogP contribution in [0.5, 0.6) is 0 Å². The molecular weight excluding hydrogens is 346 g/mol. The zero-order chi connectivity index (χ0) is 18.1. The molecule has 0 spiro atoms. The van der Waals surface area contributed by atoms with Gasteiger partial charge in [-0.05, 0) is 50.3 Å². The first kappa shape index (κ1) is 17.7. The van der Waals surface area contributed by atoms with Crippen molar-refractivity contribution in [2.75, 3.05) is 44.3 Å². The molecule has 4 rings (SSSR count). The Labute approximate surface area is 159 Å². The van der Waals surface area contributed by atoms with E-state index in [1.807, 2.05) is 0 Å². The summed E-state index contributed by atoms with van der Waals surface area (Å²) in [6, 6.07) is 4.39. The number of thiazole rings is 1. The normalized spacial score (nSPS) is 19.8.